The Bertz CT molecular complexity index is 5110. The number of benzene rings is 11. The van der Waals surface area contributed by atoms with Gasteiger partial charge in [-0.05, 0) is 256 Å². The lowest BCUT2D eigenvalue weighted by Gasteiger charge is -2.57. The lowest BCUT2D eigenvalue weighted by atomic mass is 9.48. The molecule has 8 aliphatic rings. The van der Waals surface area contributed by atoms with Crippen LogP contribution in [0.2, 0.25) is 0 Å². The number of fused-ring (bicyclic) bond motifs is 12. The predicted molar refractivity (Wildman–Crippen MR) is 385 cm³/mol. The molecule has 0 amide bonds. The number of hydrogen-bond acceptors (Lipinski definition) is 2. The fraction of sp³-hybridized carbons (Fsp3) is 0.250. The normalized spacial score (nSPS) is 24.0. The fourth-order valence-electron chi connectivity index (χ4n) is 21.9. The molecule has 8 aliphatic carbocycles. The van der Waals surface area contributed by atoms with Crippen LogP contribution in [0.1, 0.15) is 99.3 Å². The number of rotatable bonds is 10. The summed E-state index contributed by atoms with van der Waals surface area (Å²) in [5.41, 5.74) is 26.1. The number of hydrogen-bond donors (Lipinski definition) is 0. The second-order valence-electron chi connectivity index (χ2n) is 30.2. The summed E-state index contributed by atoms with van der Waals surface area (Å²) >= 11 is 0. The van der Waals surface area contributed by atoms with E-state index in [1.54, 1.807) is 11.1 Å². The maximum Gasteiger partial charge on any atom is 0.0641 e. The molecule has 4 heterocycles. The van der Waals surface area contributed by atoms with Crippen LogP contribution in [0.5, 0.6) is 0 Å². The van der Waals surface area contributed by atoms with Gasteiger partial charge in [-0.3, -0.25) is 0 Å². The Morgan fingerprint density at radius 2 is 0.674 bits per heavy atom. The summed E-state index contributed by atoms with van der Waals surface area (Å²) in [5, 5.41) is 10.2. The molecule has 0 aliphatic heterocycles. The Morgan fingerprint density at radius 3 is 1.07 bits per heavy atom. The van der Waals surface area contributed by atoms with Gasteiger partial charge in [-0.15, -0.1) is 0 Å². The van der Waals surface area contributed by atoms with E-state index in [9.17, 15) is 0 Å². The van der Waals surface area contributed by atoms with Gasteiger partial charge in [-0.2, -0.15) is 0 Å². The summed E-state index contributed by atoms with van der Waals surface area (Å²) in [5.74, 6) is 5.24. The maximum absolute atomic E-state index is 2.65. The molecule has 0 spiro atoms. The highest BCUT2D eigenvalue weighted by molar-refractivity contribution is 6.32. The Hall–Kier alpha value is -9.38. The Balaban J connectivity index is 0.782. The van der Waals surface area contributed by atoms with Crippen LogP contribution in [-0.2, 0) is 10.8 Å². The topological polar surface area (TPSA) is 15.3 Å². The van der Waals surface area contributed by atoms with Gasteiger partial charge in [0.25, 0.3) is 0 Å². The van der Waals surface area contributed by atoms with Gasteiger partial charge >= 0.3 is 0 Å². The van der Waals surface area contributed by atoms with Crippen LogP contribution in [0.3, 0.4) is 0 Å². The molecule has 0 saturated heterocycles. The van der Waals surface area contributed by atoms with Gasteiger partial charge in [0, 0.05) is 65.6 Å². The molecule has 15 aromatic rings. The van der Waals surface area contributed by atoms with Gasteiger partial charge < -0.3 is 18.6 Å². The van der Waals surface area contributed by atoms with E-state index in [-0.39, 0.29) is 10.8 Å². The van der Waals surface area contributed by atoms with Crippen molar-refractivity contribution < 1.29 is 0 Å². The van der Waals surface area contributed by atoms with Gasteiger partial charge in [0.05, 0.1) is 55.8 Å². The highest BCUT2D eigenvalue weighted by Gasteiger charge is 2.53. The van der Waals surface area contributed by atoms with Crippen LogP contribution in [0.15, 0.2) is 231 Å². The van der Waals surface area contributed by atoms with E-state index in [2.05, 4.69) is 263 Å². The SMILES string of the molecule is Cc1cccc(N(c2ccc(C34CC5CC(CC(C5)C3)C4)cc2-c2ccccc2)c2ccc3c4cc5c(cc4n4c6ccccc6c2c34)c2ccc(N(c3cccc(C)c3)c3ccc(C46CC7CC(CC(C7)C4)C6)cc3-c3ccccc3)c3c4ccccc4n5c23)c1. The molecule has 4 aromatic heterocycles. The zero-order valence-electron chi connectivity index (χ0n) is 52.7. The third-order valence-electron chi connectivity index (χ3n) is 24.7. The number of aryl methyl sites for hydroxylation is 2. The standard InChI is InChI=1S/C88H74N4/c1-53-15-13-21-65(35-53)89(77-31-27-63(43-71(77)61-17-5-3-6-18-61)87-47-55-37-56(48-87)39-57(38-55)49-87)79-33-29-67-73-45-82-74(46-81(73)91-75-25-11-9-23-69(75)83(79)85(67)91)68-30-34-80(84-70-24-10-12-26-76(70)92(82)86(68)84)90(66-22-14-16-54(2)36-66)78-32-28-64(44-72(78)62-19-7-4-8-20-62)88-50-58-40-59(51-88)42-60(41-58)52-88/h3-36,43-46,55-60H,37-42,47-52H2,1-2H3. The summed E-state index contributed by atoms with van der Waals surface area (Å²) in [7, 11) is 0. The van der Waals surface area contributed by atoms with E-state index < -0.39 is 0 Å². The summed E-state index contributed by atoms with van der Waals surface area (Å²) in [4.78, 5) is 5.24. The van der Waals surface area contributed by atoms with E-state index in [1.165, 1.54) is 221 Å². The van der Waals surface area contributed by atoms with E-state index in [1.807, 2.05) is 0 Å². The predicted octanol–water partition coefficient (Wildman–Crippen LogP) is 23.8. The van der Waals surface area contributed by atoms with Crippen LogP contribution >= 0.6 is 0 Å². The number of nitrogens with zero attached hydrogens (tertiary/aromatic N) is 4. The fourth-order valence-corrected chi connectivity index (χ4v) is 21.9. The molecule has 446 valence electrons. The summed E-state index contributed by atoms with van der Waals surface area (Å²) in [6.07, 6.45) is 16.7. The van der Waals surface area contributed by atoms with Crippen molar-refractivity contribution in [2.45, 2.75) is 102 Å². The Kier molecular flexibility index (Phi) is 10.9. The molecular formula is C88H74N4. The van der Waals surface area contributed by atoms with Crippen molar-refractivity contribution in [3.63, 3.8) is 0 Å². The van der Waals surface area contributed by atoms with Crippen LogP contribution in [-0.4, -0.2) is 8.80 Å². The zero-order chi connectivity index (χ0) is 60.3. The monoisotopic (exact) mass is 1190 g/mol. The second-order valence-corrected chi connectivity index (χ2v) is 30.2. The van der Waals surface area contributed by atoms with Crippen LogP contribution in [0.4, 0.5) is 34.1 Å². The summed E-state index contributed by atoms with van der Waals surface area (Å²) in [6.45, 7) is 4.49. The number of para-hydroxylation sites is 2. The highest BCUT2D eigenvalue weighted by Crippen LogP contribution is 2.64. The molecule has 4 nitrogen and oxygen atoms in total. The third-order valence-corrected chi connectivity index (χ3v) is 24.7. The molecular weight excluding hydrogens is 1110 g/mol. The Labute approximate surface area is 538 Å². The smallest absolute Gasteiger partial charge is 0.0641 e. The van der Waals surface area contributed by atoms with Gasteiger partial charge in [-0.1, -0.05) is 146 Å². The molecule has 0 atom stereocenters. The van der Waals surface area contributed by atoms with Crippen molar-refractivity contribution in [1.82, 2.24) is 8.80 Å². The first-order valence-corrected chi connectivity index (χ1v) is 34.7. The van der Waals surface area contributed by atoms with E-state index in [0.29, 0.717) is 0 Å². The lowest BCUT2D eigenvalue weighted by molar-refractivity contribution is -0.00528. The van der Waals surface area contributed by atoms with Crippen molar-refractivity contribution >= 4 is 110 Å². The second kappa shape index (κ2) is 19.1. The molecule has 8 bridgehead atoms. The third kappa shape index (κ3) is 7.41. The first-order valence-electron chi connectivity index (χ1n) is 34.7. The minimum atomic E-state index is 0.272. The summed E-state index contributed by atoms with van der Waals surface area (Å²) < 4.78 is 5.24. The maximum atomic E-state index is 2.65. The molecule has 0 unspecified atom stereocenters. The van der Waals surface area contributed by atoms with Crippen LogP contribution in [0.25, 0.3) is 98.4 Å². The van der Waals surface area contributed by atoms with Gasteiger partial charge in [0.2, 0.25) is 0 Å². The summed E-state index contributed by atoms with van der Waals surface area (Å²) in [6, 6.07) is 89.9. The van der Waals surface area contributed by atoms with Crippen molar-refractivity contribution in [2.24, 2.45) is 35.5 Å². The molecule has 4 heteroatoms. The Morgan fingerprint density at radius 1 is 0.304 bits per heavy atom. The average molecular weight is 1190 g/mol. The minimum absolute atomic E-state index is 0.272. The molecule has 92 heavy (non-hydrogen) atoms. The molecule has 23 rings (SSSR count). The molecule has 0 radical (unpaired) electrons. The van der Waals surface area contributed by atoms with Gasteiger partial charge in [0.1, 0.15) is 0 Å². The minimum Gasteiger partial charge on any atom is -0.309 e. The molecule has 8 fully saturated rings. The van der Waals surface area contributed by atoms with Crippen LogP contribution < -0.4 is 9.80 Å². The zero-order valence-corrected chi connectivity index (χ0v) is 52.7. The molecule has 0 N–H and O–H groups in total. The first-order chi connectivity index (χ1) is 45.3. The highest BCUT2D eigenvalue weighted by atomic mass is 15.2. The lowest BCUT2D eigenvalue weighted by Crippen LogP contribution is -2.48. The van der Waals surface area contributed by atoms with Crippen molar-refractivity contribution in [3.8, 4) is 22.3 Å². The van der Waals surface area contributed by atoms with E-state index in [4.69, 9.17) is 0 Å². The first kappa shape index (κ1) is 52.3. The number of aromatic nitrogens is 2. The molecule has 8 saturated carbocycles. The van der Waals surface area contributed by atoms with Crippen molar-refractivity contribution in [1.29, 1.82) is 0 Å². The van der Waals surface area contributed by atoms with Gasteiger partial charge in [0.15, 0.2) is 0 Å². The van der Waals surface area contributed by atoms with Crippen molar-refractivity contribution in [2.75, 3.05) is 9.80 Å². The molecule has 11 aromatic carbocycles. The van der Waals surface area contributed by atoms with E-state index in [0.717, 1.165) is 35.5 Å². The average Bonchev–Trinajstić information content (AvgIpc) is 1.51. The van der Waals surface area contributed by atoms with Crippen molar-refractivity contribution in [3.05, 3.63) is 253 Å². The van der Waals surface area contributed by atoms with E-state index >= 15 is 0 Å². The largest absolute Gasteiger partial charge is 0.309 e. The van der Waals surface area contributed by atoms with Crippen LogP contribution in [0, 0.1) is 49.4 Å². The number of anilines is 6. The quantitative estimate of drug-likeness (QED) is 0.136. The van der Waals surface area contributed by atoms with Gasteiger partial charge in [-0.25, -0.2) is 0 Å².